The first-order valence-electron chi connectivity index (χ1n) is 11.5. The molecule has 2 heterocycles. The van der Waals surface area contributed by atoms with Crippen molar-refractivity contribution in [2.45, 2.75) is 30.6 Å². The maximum atomic E-state index is 13.5. The number of nitrogens with one attached hydrogen (secondary N) is 1. The fourth-order valence-corrected chi connectivity index (χ4v) is 6.69. The summed E-state index contributed by atoms with van der Waals surface area (Å²) in [6.45, 7) is -0.766. The van der Waals surface area contributed by atoms with E-state index in [1.165, 1.54) is 18.2 Å². The number of aromatic nitrogens is 2. The number of benzene rings is 1. The number of amides is 1. The van der Waals surface area contributed by atoms with E-state index in [4.69, 9.17) is 23.2 Å². The summed E-state index contributed by atoms with van der Waals surface area (Å²) < 4.78 is 29.6. The molecule has 2 aliphatic rings. The second kappa shape index (κ2) is 9.85. The molecular formula is C25H22Cl2N4O5S. The van der Waals surface area contributed by atoms with Crippen molar-refractivity contribution in [2.75, 3.05) is 10.8 Å². The Morgan fingerprint density at radius 3 is 2.65 bits per heavy atom. The number of carbonyl (C=O) groups is 2. The summed E-state index contributed by atoms with van der Waals surface area (Å²) in [5.41, 5.74) is 1.38. The van der Waals surface area contributed by atoms with E-state index in [0.717, 1.165) is 17.1 Å². The van der Waals surface area contributed by atoms with Crippen molar-refractivity contribution in [3.05, 3.63) is 76.6 Å². The van der Waals surface area contributed by atoms with Crippen LogP contribution in [-0.2, 0) is 14.8 Å². The van der Waals surface area contributed by atoms with Crippen molar-refractivity contribution < 1.29 is 23.1 Å². The third-order valence-electron chi connectivity index (χ3n) is 6.13. The van der Waals surface area contributed by atoms with Gasteiger partial charge in [0.2, 0.25) is 10.0 Å². The van der Waals surface area contributed by atoms with Crippen molar-refractivity contribution >= 4 is 61.7 Å². The number of nitrogens with zero attached hydrogens (tertiary/aromatic N) is 3. The lowest BCUT2D eigenvalue weighted by atomic mass is 10.2. The molecule has 37 heavy (non-hydrogen) atoms. The number of rotatable bonds is 8. The van der Waals surface area contributed by atoms with Crippen molar-refractivity contribution in [3.63, 3.8) is 0 Å². The fraction of sp³-hybridized carbons (Fsp3) is 0.240. The van der Waals surface area contributed by atoms with Crippen LogP contribution in [-0.4, -0.2) is 52.8 Å². The average molecular weight is 561 g/mol. The van der Waals surface area contributed by atoms with Gasteiger partial charge in [-0.25, -0.2) is 13.4 Å². The largest absolute Gasteiger partial charge is 0.480 e. The molecule has 1 amide bonds. The highest BCUT2D eigenvalue weighted by molar-refractivity contribution is 7.93. The first kappa shape index (κ1) is 25.3. The number of sulfonamides is 1. The molecule has 2 aliphatic carbocycles. The molecule has 1 aromatic carbocycles. The zero-order chi connectivity index (χ0) is 26.3. The lowest BCUT2D eigenvalue weighted by Gasteiger charge is -2.28. The molecule has 1 unspecified atom stereocenters. The van der Waals surface area contributed by atoms with Gasteiger partial charge < -0.3 is 15.0 Å². The van der Waals surface area contributed by atoms with Gasteiger partial charge in [-0.1, -0.05) is 23.2 Å². The molecule has 2 aromatic heterocycles. The molecule has 0 bridgehead atoms. The topological polar surface area (TPSA) is 122 Å². The molecule has 1 saturated carbocycles. The molecule has 1 fully saturated rings. The third kappa shape index (κ3) is 5.36. The number of hydrogen-bond acceptors (Lipinski definition) is 5. The maximum absolute atomic E-state index is 13.5. The van der Waals surface area contributed by atoms with Crippen molar-refractivity contribution in [2.24, 2.45) is 0 Å². The predicted molar refractivity (Wildman–Crippen MR) is 142 cm³/mol. The van der Waals surface area contributed by atoms with Gasteiger partial charge in [-0.15, -0.1) is 0 Å². The molecule has 192 valence electrons. The Balaban J connectivity index is 1.49. The number of carboxylic acid groups (broad SMARTS) is 1. The van der Waals surface area contributed by atoms with Crippen molar-refractivity contribution in [3.8, 4) is 5.82 Å². The number of allylic oxidation sites excluding steroid dienone is 3. The monoisotopic (exact) mass is 560 g/mol. The smallest absolute Gasteiger partial charge is 0.324 e. The van der Waals surface area contributed by atoms with Crippen LogP contribution in [0.3, 0.4) is 0 Å². The van der Waals surface area contributed by atoms with E-state index in [9.17, 15) is 23.1 Å². The Morgan fingerprint density at radius 1 is 1.16 bits per heavy atom. The first-order valence-corrected chi connectivity index (χ1v) is 13.7. The number of anilines is 1. The molecule has 0 aliphatic heterocycles. The normalized spacial score (nSPS) is 17.7. The van der Waals surface area contributed by atoms with Gasteiger partial charge in [0.05, 0.1) is 11.2 Å². The van der Waals surface area contributed by atoms with Crippen LogP contribution in [0.15, 0.2) is 71.0 Å². The van der Waals surface area contributed by atoms with E-state index in [1.54, 1.807) is 47.3 Å². The molecule has 9 nitrogen and oxygen atoms in total. The van der Waals surface area contributed by atoms with Gasteiger partial charge in [-0.2, -0.15) is 0 Å². The zero-order valence-corrected chi connectivity index (χ0v) is 21.7. The number of carbonyl (C=O) groups excluding carboxylic acids is 1. The highest BCUT2D eigenvalue weighted by atomic mass is 35.5. The number of carboxylic acids is 1. The molecular weight excluding hydrogens is 539 g/mol. The Labute approximate surface area is 223 Å². The van der Waals surface area contributed by atoms with Crippen molar-refractivity contribution in [1.82, 2.24) is 14.9 Å². The van der Waals surface area contributed by atoms with E-state index >= 15 is 0 Å². The van der Waals surface area contributed by atoms with Crippen molar-refractivity contribution in [1.29, 1.82) is 0 Å². The Hall–Kier alpha value is -3.34. The summed E-state index contributed by atoms with van der Waals surface area (Å²) in [4.78, 5) is 28.5. The standard InChI is InChI=1S/C25H22Cl2N4O5S/c26-17-11-18(27)13-21(12-17)37(35,36)31(14-24(32)33)20-3-4-22-15(9-20)6-8-30(22)23-10-16(5-7-28-23)25(34)29-19-1-2-19/h3-12,19,21H,1-2,13-14H2,(H,29,34)(H,32,33). The van der Waals surface area contributed by atoms with Crippen LogP contribution in [0.5, 0.6) is 0 Å². The molecule has 0 spiro atoms. The maximum Gasteiger partial charge on any atom is 0.324 e. The molecule has 2 N–H and O–H groups in total. The molecule has 5 rings (SSSR count). The van der Waals surface area contributed by atoms with Gasteiger partial charge >= 0.3 is 5.97 Å². The van der Waals surface area contributed by atoms with Crippen LogP contribution < -0.4 is 9.62 Å². The Morgan fingerprint density at radius 2 is 1.95 bits per heavy atom. The quantitative estimate of drug-likeness (QED) is 0.426. The van der Waals surface area contributed by atoms with Gasteiger partial charge in [0.1, 0.15) is 17.6 Å². The number of pyridine rings is 1. The average Bonchev–Trinajstić information content (AvgIpc) is 3.56. The van der Waals surface area contributed by atoms with E-state index < -0.39 is 27.8 Å². The van der Waals surface area contributed by atoms with Crippen LogP contribution in [0.4, 0.5) is 5.69 Å². The van der Waals surface area contributed by atoms with Gasteiger partial charge in [-0.05, 0) is 61.4 Å². The predicted octanol–water partition coefficient (Wildman–Crippen LogP) is 4.16. The summed E-state index contributed by atoms with van der Waals surface area (Å²) in [5, 5.41) is 12.4. The van der Waals surface area contributed by atoms with Crippen LogP contribution in [0.1, 0.15) is 29.6 Å². The molecule has 3 aromatic rings. The Bertz CT molecular complexity index is 1580. The molecule has 0 radical (unpaired) electrons. The van der Waals surface area contributed by atoms with Gasteiger partial charge in [0.25, 0.3) is 5.91 Å². The highest BCUT2D eigenvalue weighted by Gasteiger charge is 2.34. The summed E-state index contributed by atoms with van der Waals surface area (Å²) in [7, 11) is -4.17. The minimum Gasteiger partial charge on any atom is -0.480 e. The molecule has 1 atom stereocenters. The lowest BCUT2D eigenvalue weighted by molar-refractivity contribution is -0.135. The number of fused-ring (bicyclic) bond motifs is 1. The minimum absolute atomic E-state index is 0.00875. The fourth-order valence-electron chi connectivity index (χ4n) is 4.16. The van der Waals surface area contributed by atoms with Crippen LogP contribution in [0.2, 0.25) is 0 Å². The van der Waals surface area contributed by atoms with Crippen LogP contribution in [0.25, 0.3) is 16.7 Å². The summed E-state index contributed by atoms with van der Waals surface area (Å²) >= 11 is 12.1. The van der Waals surface area contributed by atoms with Gasteiger partial charge in [0.15, 0.2) is 0 Å². The van der Waals surface area contributed by atoms with E-state index in [0.29, 0.717) is 22.3 Å². The van der Waals surface area contributed by atoms with E-state index in [-0.39, 0.29) is 34.1 Å². The van der Waals surface area contributed by atoms with E-state index in [1.807, 2.05) is 0 Å². The second-order valence-electron chi connectivity index (χ2n) is 8.91. The summed E-state index contributed by atoms with van der Waals surface area (Å²) in [5.74, 6) is -0.949. The third-order valence-corrected chi connectivity index (χ3v) is 8.65. The highest BCUT2D eigenvalue weighted by Crippen LogP contribution is 2.33. The Kier molecular flexibility index (Phi) is 6.74. The van der Waals surface area contributed by atoms with Crippen LogP contribution >= 0.6 is 23.2 Å². The van der Waals surface area contributed by atoms with Gasteiger partial charge in [0, 0.05) is 45.9 Å². The number of halogens is 2. The lowest BCUT2D eigenvalue weighted by Crippen LogP contribution is -2.41. The van der Waals surface area contributed by atoms with E-state index in [2.05, 4.69) is 10.3 Å². The first-order chi connectivity index (χ1) is 17.6. The van der Waals surface area contributed by atoms with Gasteiger partial charge in [-0.3, -0.25) is 13.9 Å². The van der Waals surface area contributed by atoms with Crippen LogP contribution in [0, 0.1) is 0 Å². The summed E-state index contributed by atoms with van der Waals surface area (Å²) in [6, 6.07) is 10.1. The minimum atomic E-state index is -4.17. The summed E-state index contributed by atoms with van der Waals surface area (Å²) in [6.07, 6.45) is 8.08. The number of aliphatic carboxylic acids is 1. The molecule has 12 heteroatoms. The zero-order valence-electron chi connectivity index (χ0n) is 19.3. The SMILES string of the molecule is O=C(O)CN(c1ccc2c(ccn2-c2cc(C(=O)NC3CC3)ccn2)c1)S(=O)(=O)C1C=C(Cl)C=C(Cl)C1. The molecule has 0 saturated heterocycles. The second-order valence-corrected chi connectivity index (χ2v) is 11.9. The number of hydrogen-bond donors (Lipinski definition) is 2.